The normalized spacial score (nSPS) is 14.7. The predicted octanol–water partition coefficient (Wildman–Crippen LogP) is 1.25. The molecule has 0 saturated carbocycles. The molecule has 0 atom stereocenters. The van der Waals surface area contributed by atoms with Crippen LogP contribution in [0.15, 0.2) is 35.0 Å². The Bertz CT molecular complexity index is 265. The summed E-state index contributed by atoms with van der Waals surface area (Å²) in [7, 11) is 0. The Labute approximate surface area is 59.3 Å². The molecular formula is C8H7NO. The number of hydrogen-bond donors (Lipinski definition) is 0. The molecule has 0 saturated heterocycles. The molecule has 0 unspecified atom stereocenters. The van der Waals surface area contributed by atoms with E-state index in [0.717, 1.165) is 0 Å². The minimum Gasteiger partial charge on any atom is -0.295 e. The molecule has 0 spiro atoms. The first kappa shape index (κ1) is 6.72. The highest BCUT2D eigenvalue weighted by Gasteiger charge is 1.96. The lowest BCUT2D eigenvalue weighted by molar-refractivity contribution is -0.113. The summed E-state index contributed by atoms with van der Waals surface area (Å²) in [6.45, 7) is 1.52. The highest BCUT2D eigenvalue weighted by atomic mass is 16.1. The van der Waals surface area contributed by atoms with Gasteiger partial charge in [-0.05, 0) is 24.9 Å². The second-order valence-corrected chi connectivity index (χ2v) is 1.92. The molecule has 0 aliphatic carbocycles. The van der Waals surface area contributed by atoms with Crippen molar-refractivity contribution in [1.82, 2.24) is 0 Å². The lowest BCUT2D eigenvalue weighted by atomic mass is 10.2. The SMILES string of the molecule is CC(=O)C1=CC=C=NC=C1. The minimum atomic E-state index is 0.0476. The van der Waals surface area contributed by atoms with Crippen LogP contribution in [0.2, 0.25) is 0 Å². The number of rotatable bonds is 1. The molecular weight excluding hydrogens is 126 g/mol. The minimum absolute atomic E-state index is 0.0476. The monoisotopic (exact) mass is 133 g/mol. The largest absolute Gasteiger partial charge is 0.295 e. The molecule has 1 rings (SSSR count). The van der Waals surface area contributed by atoms with Crippen molar-refractivity contribution in [3.05, 3.63) is 30.0 Å². The van der Waals surface area contributed by atoms with Gasteiger partial charge in [-0.1, -0.05) is 0 Å². The number of ketones is 1. The summed E-state index contributed by atoms with van der Waals surface area (Å²) in [5.41, 5.74) is 0.661. The van der Waals surface area contributed by atoms with E-state index in [1.807, 2.05) is 0 Å². The van der Waals surface area contributed by atoms with E-state index in [0.29, 0.717) is 5.57 Å². The molecule has 1 aliphatic heterocycles. The quantitative estimate of drug-likeness (QED) is 0.529. The fraction of sp³-hybridized carbons (Fsp3) is 0.125. The van der Waals surface area contributed by atoms with Crippen molar-refractivity contribution < 1.29 is 4.79 Å². The van der Waals surface area contributed by atoms with Crippen molar-refractivity contribution >= 4 is 11.7 Å². The first-order valence-corrected chi connectivity index (χ1v) is 2.97. The van der Waals surface area contributed by atoms with E-state index in [-0.39, 0.29) is 5.78 Å². The van der Waals surface area contributed by atoms with Crippen molar-refractivity contribution in [3.8, 4) is 0 Å². The van der Waals surface area contributed by atoms with Gasteiger partial charge in [-0.15, -0.1) is 0 Å². The van der Waals surface area contributed by atoms with Gasteiger partial charge in [0.15, 0.2) is 5.78 Å². The van der Waals surface area contributed by atoms with Crippen molar-refractivity contribution in [1.29, 1.82) is 0 Å². The van der Waals surface area contributed by atoms with Crippen LogP contribution >= 0.6 is 0 Å². The molecule has 0 bridgehead atoms. The van der Waals surface area contributed by atoms with E-state index in [2.05, 4.69) is 10.9 Å². The molecule has 2 heteroatoms. The molecule has 10 heavy (non-hydrogen) atoms. The third-order valence-corrected chi connectivity index (χ3v) is 1.15. The second kappa shape index (κ2) is 2.95. The average molecular weight is 133 g/mol. The lowest BCUT2D eigenvalue weighted by Crippen LogP contribution is -1.91. The maximum absolute atomic E-state index is 10.7. The molecule has 0 radical (unpaired) electrons. The first-order chi connectivity index (χ1) is 4.80. The smallest absolute Gasteiger partial charge is 0.159 e. The fourth-order valence-corrected chi connectivity index (χ4v) is 0.621. The standard InChI is InChI=1S/C8H7NO/c1-7(10)8-3-2-5-9-6-4-8/h2-4,6H,1H3. The van der Waals surface area contributed by atoms with Crippen LogP contribution in [-0.2, 0) is 4.79 Å². The van der Waals surface area contributed by atoms with E-state index in [4.69, 9.17) is 0 Å². The van der Waals surface area contributed by atoms with E-state index in [1.165, 1.54) is 6.92 Å². The number of aliphatic imine (C=N–C) groups is 1. The van der Waals surface area contributed by atoms with Crippen LogP contribution in [0, 0.1) is 0 Å². The Balaban J connectivity index is 2.92. The van der Waals surface area contributed by atoms with Crippen molar-refractivity contribution in [3.63, 3.8) is 0 Å². The van der Waals surface area contributed by atoms with E-state index >= 15 is 0 Å². The average Bonchev–Trinajstić information content (AvgIpc) is 2.12. The summed E-state index contributed by atoms with van der Waals surface area (Å²) in [4.78, 5) is 14.5. The number of hydrogen-bond acceptors (Lipinski definition) is 2. The van der Waals surface area contributed by atoms with Crippen molar-refractivity contribution in [2.45, 2.75) is 6.92 Å². The molecule has 2 nitrogen and oxygen atoms in total. The van der Waals surface area contributed by atoms with Gasteiger partial charge in [-0.25, -0.2) is 4.99 Å². The van der Waals surface area contributed by atoms with Crippen molar-refractivity contribution in [2.24, 2.45) is 4.99 Å². The summed E-state index contributed by atoms with van der Waals surface area (Å²) >= 11 is 0. The van der Waals surface area contributed by atoms with Gasteiger partial charge >= 0.3 is 0 Å². The summed E-state index contributed by atoms with van der Waals surface area (Å²) in [5, 5.41) is 0. The molecule has 0 aromatic rings. The van der Waals surface area contributed by atoms with E-state index in [9.17, 15) is 4.79 Å². The summed E-state index contributed by atoms with van der Waals surface area (Å²) in [5.74, 6) is 2.66. The zero-order valence-electron chi connectivity index (χ0n) is 5.66. The van der Waals surface area contributed by atoms with E-state index < -0.39 is 0 Å². The number of carbonyl (C=O) groups excluding carboxylic acids is 1. The van der Waals surface area contributed by atoms with Crippen LogP contribution in [0.25, 0.3) is 0 Å². The van der Waals surface area contributed by atoms with Gasteiger partial charge in [-0.2, -0.15) is 0 Å². The predicted molar refractivity (Wildman–Crippen MR) is 39.9 cm³/mol. The Morgan fingerprint density at radius 1 is 1.70 bits per heavy atom. The Morgan fingerprint density at radius 3 is 3.20 bits per heavy atom. The van der Waals surface area contributed by atoms with Gasteiger partial charge < -0.3 is 0 Å². The molecule has 1 heterocycles. The van der Waals surface area contributed by atoms with Gasteiger partial charge in [0.25, 0.3) is 0 Å². The summed E-state index contributed by atoms with van der Waals surface area (Å²) in [6, 6.07) is 0. The van der Waals surface area contributed by atoms with Crippen LogP contribution in [-0.4, -0.2) is 11.7 Å². The third kappa shape index (κ3) is 1.54. The molecule has 0 fully saturated rings. The number of allylic oxidation sites excluding steroid dienone is 4. The Morgan fingerprint density at radius 2 is 2.50 bits per heavy atom. The maximum Gasteiger partial charge on any atom is 0.159 e. The lowest BCUT2D eigenvalue weighted by Gasteiger charge is -1.88. The van der Waals surface area contributed by atoms with Crippen LogP contribution < -0.4 is 0 Å². The Hall–Kier alpha value is -1.40. The third-order valence-electron chi connectivity index (χ3n) is 1.15. The Kier molecular flexibility index (Phi) is 1.98. The fourth-order valence-electron chi connectivity index (χ4n) is 0.621. The highest BCUT2D eigenvalue weighted by molar-refractivity contribution is 5.96. The second-order valence-electron chi connectivity index (χ2n) is 1.92. The molecule has 1 aliphatic rings. The number of nitrogens with zero attached hydrogens (tertiary/aromatic N) is 1. The molecule has 0 aromatic carbocycles. The van der Waals surface area contributed by atoms with Crippen LogP contribution in [0.5, 0.6) is 0 Å². The molecule has 0 amide bonds. The summed E-state index contributed by atoms with van der Waals surface area (Å²) in [6.07, 6.45) is 6.53. The first-order valence-electron chi connectivity index (χ1n) is 2.97. The van der Waals surface area contributed by atoms with Crippen molar-refractivity contribution in [2.75, 3.05) is 0 Å². The molecule has 0 aromatic heterocycles. The number of Topliss-reactive ketones (excluding diaryl/α,β-unsaturated/α-hetero) is 1. The van der Waals surface area contributed by atoms with Gasteiger partial charge in [0, 0.05) is 17.8 Å². The molecule has 50 valence electrons. The zero-order chi connectivity index (χ0) is 7.40. The zero-order valence-corrected chi connectivity index (χ0v) is 5.66. The summed E-state index contributed by atoms with van der Waals surface area (Å²) < 4.78 is 0. The van der Waals surface area contributed by atoms with Gasteiger partial charge in [0.2, 0.25) is 0 Å². The highest BCUT2D eigenvalue weighted by Crippen LogP contribution is 2.00. The number of carbonyl (C=O) groups is 1. The van der Waals surface area contributed by atoms with Gasteiger partial charge in [0.05, 0.1) is 0 Å². The topological polar surface area (TPSA) is 29.4 Å². The van der Waals surface area contributed by atoms with Gasteiger partial charge in [0.1, 0.15) is 0 Å². The van der Waals surface area contributed by atoms with Crippen LogP contribution in [0.3, 0.4) is 0 Å². The molecule has 0 N–H and O–H groups in total. The van der Waals surface area contributed by atoms with Crippen LogP contribution in [0.4, 0.5) is 0 Å². The van der Waals surface area contributed by atoms with Gasteiger partial charge in [-0.3, -0.25) is 4.79 Å². The maximum atomic E-state index is 10.7. The van der Waals surface area contributed by atoms with E-state index in [1.54, 1.807) is 24.4 Å². The van der Waals surface area contributed by atoms with Crippen LogP contribution in [0.1, 0.15) is 6.92 Å².